The van der Waals surface area contributed by atoms with Crippen LogP contribution in [0.5, 0.6) is 0 Å². The van der Waals surface area contributed by atoms with Gasteiger partial charge in [-0.1, -0.05) is 30.3 Å². The number of carbonyl (C=O) groups excluding carboxylic acids is 2. The van der Waals surface area contributed by atoms with Gasteiger partial charge < -0.3 is 10.2 Å². The average molecular weight is 361 g/mol. The first kappa shape index (κ1) is 18.3. The molecule has 2 fully saturated rings. The second-order valence-corrected chi connectivity index (χ2v) is 8.11. The van der Waals surface area contributed by atoms with E-state index in [-0.39, 0.29) is 23.8 Å². The normalized spacial score (nSPS) is 19.5. The Kier molecular flexibility index (Phi) is 6.40. The summed E-state index contributed by atoms with van der Waals surface area (Å²) in [5.41, 5.74) is 1.37. The predicted octanol–water partition coefficient (Wildman–Crippen LogP) is 3.04. The van der Waals surface area contributed by atoms with E-state index in [9.17, 15) is 9.59 Å². The Morgan fingerprint density at radius 3 is 2.44 bits per heavy atom. The topological polar surface area (TPSA) is 49.4 Å². The lowest BCUT2D eigenvalue weighted by atomic mass is 9.89. The van der Waals surface area contributed by atoms with Crippen molar-refractivity contribution >= 4 is 23.6 Å². The number of carbonyl (C=O) groups is 2. The summed E-state index contributed by atoms with van der Waals surface area (Å²) in [6.07, 6.45) is 6.70. The number of thioether (sulfide) groups is 1. The second kappa shape index (κ2) is 8.75. The summed E-state index contributed by atoms with van der Waals surface area (Å²) in [6.45, 7) is 1.57. The summed E-state index contributed by atoms with van der Waals surface area (Å²) in [5, 5.41) is 3.01. The van der Waals surface area contributed by atoms with Crippen molar-refractivity contribution in [2.24, 2.45) is 5.92 Å². The lowest BCUT2D eigenvalue weighted by Gasteiger charge is -2.34. The molecule has 0 aromatic heterocycles. The number of piperidine rings is 1. The van der Waals surface area contributed by atoms with Crippen LogP contribution in [0.1, 0.15) is 43.6 Å². The highest BCUT2D eigenvalue weighted by Gasteiger charge is 2.34. The van der Waals surface area contributed by atoms with Crippen LogP contribution in [0.2, 0.25) is 0 Å². The summed E-state index contributed by atoms with van der Waals surface area (Å²) in [6, 6.07) is 10.2. The van der Waals surface area contributed by atoms with Crippen molar-refractivity contribution in [1.29, 1.82) is 0 Å². The molecule has 136 valence electrons. The van der Waals surface area contributed by atoms with Crippen molar-refractivity contribution in [2.75, 3.05) is 25.1 Å². The monoisotopic (exact) mass is 360 g/mol. The molecule has 1 saturated carbocycles. The van der Waals surface area contributed by atoms with Crippen molar-refractivity contribution in [3.05, 3.63) is 35.9 Å². The molecule has 2 aliphatic rings. The van der Waals surface area contributed by atoms with Crippen molar-refractivity contribution < 1.29 is 9.59 Å². The van der Waals surface area contributed by atoms with E-state index in [4.69, 9.17) is 0 Å². The number of hydrogen-bond acceptors (Lipinski definition) is 3. The molecule has 1 N–H and O–H groups in total. The highest BCUT2D eigenvalue weighted by molar-refractivity contribution is 7.98. The van der Waals surface area contributed by atoms with E-state index in [1.54, 1.807) is 11.8 Å². The fourth-order valence-electron chi connectivity index (χ4n) is 3.51. The number of amides is 2. The van der Waals surface area contributed by atoms with Crippen molar-refractivity contribution in [3.63, 3.8) is 0 Å². The molecular weight excluding hydrogens is 332 g/mol. The fraction of sp³-hybridized carbons (Fsp3) is 0.600. The van der Waals surface area contributed by atoms with Crippen molar-refractivity contribution in [3.8, 4) is 0 Å². The highest BCUT2D eigenvalue weighted by atomic mass is 32.2. The Hall–Kier alpha value is -1.49. The third-order valence-electron chi connectivity index (χ3n) is 5.25. The number of nitrogens with zero attached hydrogens (tertiary/aromatic N) is 1. The Morgan fingerprint density at radius 2 is 1.84 bits per heavy atom. The van der Waals surface area contributed by atoms with Crippen LogP contribution in [0, 0.1) is 5.92 Å². The standard InChI is InChI=1S/C20H28N2O2S/c1-25-14-11-18(21-19(23)17-7-8-17)20(24)22-12-9-16(10-13-22)15-5-3-2-4-6-15/h2-6,16-18H,7-14H2,1H3,(H,21,23). The number of rotatable bonds is 7. The first-order valence-electron chi connectivity index (χ1n) is 9.32. The first-order valence-corrected chi connectivity index (χ1v) is 10.7. The third kappa shape index (κ3) is 5.00. The zero-order valence-electron chi connectivity index (χ0n) is 14.9. The molecule has 3 rings (SSSR count). The van der Waals surface area contributed by atoms with Gasteiger partial charge in [-0.15, -0.1) is 0 Å². The van der Waals surface area contributed by atoms with Gasteiger partial charge in [0.1, 0.15) is 6.04 Å². The number of hydrogen-bond donors (Lipinski definition) is 1. The Morgan fingerprint density at radius 1 is 1.16 bits per heavy atom. The summed E-state index contributed by atoms with van der Waals surface area (Å²) in [4.78, 5) is 27.0. The Bertz CT molecular complexity index is 581. The molecule has 1 aliphatic carbocycles. The maximum atomic E-state index is 12.9. The van der Waals surface area contributed by atoms with Gasteiger partial charge in [0.2, 0.25) is 11.8 Å². The largest absolute Gasteiger partial charge is 0.344 e. The summed E-state index contributed by atoms with van der Waals surface area (Å²) in [5.74, 6) is 1.75. The quantitative estimate of drug-likeness (QED) is 0.813. The van der Waals surface area contributed by atoms with Gasteiger partial charge in [0.25, 0.3) is 0 Å². The highest BCUT2D eigenvalue weighted by Crippen LogP contribution is 2.30. The van der Waals surface area contributed by atoms with Crippen LogP contribution in [-0.2, 0) is 9.59 Å². The van der Waals surface area contributed by atoms with E-state index in [2.05, 4.69) is 29.6 Å². The van der Waals surface area contributed by atoms with Crippen LogP contribution < -0.4 is 5.32 Å². The van der Waals surface area contributed by atoms with Crippen LogP contribution >= 0.6 is 11.8 Å². The third-order valence-corrected chi connectivity index (χ3v) is 5.89. The molecular formula is C20H28N2O2S. The zero-order valence-corrected chi connectivity index (χ0v) is 15.8. The van der Waals surface area contributed by atoms with Crippen LogP contribution in [-0.4, -0.2) is 47.9 Å². The molecule has 1 saturated heterocycles. The lowest BCUT2D eigenvalue weighted by Crippen LogP contribution is -2.51. The van der Waals surface area contributed by atoms with Gasteiger partial charge in [0.15, 0.2) is 0 Å². The summed E-state index contributed by atoms with van der Waals surface area (Å²) < 4.78 is 0. The van der Waals surface area contributed by atoms with Crippen LogP contribution in [0.15, 0.2) is 30.3 Å². The van der Waals surface area contributed by atoms with Gasteiger partial charge in [0.05, 0.1) is 0 Å². The lowest BCUT2D eigenvalue weighted by molar-refractivity contribution is -0.137. The Labute approximate surface area is 154 Å². The number of benzene rings is 1. The zero-order chi connectivity index (χ0) is 17.6. The van der Waals surface area contributed by atoms with Crippen LogP contribution in [0.25, 0.3) is 0 Å². The van der Waals surface area contributed by atoms with E-state index in [1.807, 2.05) is 17.2 Å². The molecule has 25 heavy (non-hydrogen) atoms. The molecule has 1 aliphatic heterocycles. The molecule has 0 spiro atoms. The van der Waals surface area contributed by atoms with Gasteiger partial charge in [0, 0.05) is 19.0 Å². The van der Waals surface area contributed by atoms with Crippen molar-refractivity contribution in [2.45, 2.75) is 44.1 Å². The van der Waals surface area contributed by atoms with Gasteiger partial charge in [-0.05, 0) is 55.6 Å². The maximum Gasteiger partial charge on any atom is 0.245 e. The molecule has 0 radical (unpaired) electrons. The van der Waals surface area contributed by atoms with Crippen LogP contribution in [0.3, 0.4) is 0 Å². The molecule has 1 unspecified atom stereocenters. The minimum Gasteiger partial charge on any atom is -0.344 e. The van der Waals surface area contributed by atoms with Gasteiger partial charge in [-0.2, -0.15) is 11.8 Å². The summed E-state index contributed by atoms with van der Waals surface area (Å²) in [7, 11) is 0. The average Bonchev–Trinajstić information content (AvgIpc) is 3.50. The minimum atomic E-state index is -0.353. The fourth-order valence-corrected chi connectivity index (χ4v) is 3.98. The SMILES string of the molecule is CSCCC(NC(=O)C1CC1)C(=O)N1CCC(c2ccccc2)CC1. The molecule has 2 amide bonds. The maximum absolute atomic E-state index is 12.9. The Balaban J connectivity index is 1.55. The number of nitrogens with one attached hydrogen (secondary N) is 1. The first-order chi connectivity index (χ1) is 12.2. The minimum absolute atomic E-state index is 0.0682. The van der Waals surface area contributed by atoms with Gasteiger partial charge >= 0.3 is 0 Å². The molecule has 5 heteroatoms. The molecule has 0 bridgehead atoms. The van der Waals surface area contributed by atoms with Crippen molar-refractivity contribution in [1.82, 2.24) is 10.2 Å². The summed E-state index contributed by atoms with van der Waals surface area (Å²) >= 11 is 1.72. The predicted molar refractivity (Wildman–Crippen MR) is 103 cm³/mol. The van der Waals surface area contributed by atoms with E-state index in [1.165, 1.54) is 5.56 Å². The van der Waals surface area contributed by atoms with Gasteiger partial charge in [-0.25, -0.2) is 0 Å². The van der Waals surface area contributed by atoms with E-state index >= 15 is 0 Å². The van der Waals surface area contributed by atoms with E-state index < -0.39 is 0 Å². The molecule has 4 nitrogen and oxygen atoms in total. The van der Waals surface area contributed by atoms with E-state index in [0.29, 0.717) is 5.92 Å². The van der Waals surface area contributed by atoms with Crippen LogP contribution in [0.4, 0.5) is 0 Å². The van der Waals surface area contributed by atoms with Gasteiger partial charge in [-0.3, -0.25) is 9.59 Å². The smallest absolute Gasteiger partial charge is 0.245 e. The molecule has 1 heterocycles. The molecule has 1 aromatic rings. The molecule has 1 atom stereocenters. The molecule has 1 aromatic carbocycles. The van der Waals surface area contributed by atoms with E-state index in [0.717, 1.165) is 50.9 Å². The number of likely N-dealkylation sites (tertiary alicyclic amines) is 1. The second-order valence-electron chi connectivity index (χ2n) is 7.13.